The highest BCUT2D eigenvalue weighted by molar-refractivity contribution is 4.64. The second-order valence-corrected chi connectivity index (χ2v) is 2.87. The monoisotopic (exact) mass is 171 g/mol. The molecule has 4 nitrogen and oxygen atoms in total. The maximum atomic E-state index is 8.68. The van der Waals surface area contributed by atoms with Gasteiger partial charge in [0.1, 0.15) is 0 Å². The summed E-state index contributed by atoms with van der Waals surface area (Å²) in [6.45, 7) is 2.53. The number of hydrogen-bond acceptors (Lipinski definition) is 3. The SMILES string of the molecule is CC(O)CN(C)C.c1c[nH]cn1. The van der Waals surface area contributed by atoms with E-state index in [0.29, 0.717) is 0 Å². The van der Waals surface area contributed by atoms with Crippen LogP contribution in [-0.4, -0.2) is 46.7 Å². The molecule has 0 spiro atoms. The maximum absolute atomic E-state index is 8.68. The number of likely N-dealkylation sites (N-methyl/N-ethyl adjacent to an activating group) is 1. The third kappa shape index (κ3) is 9.13. The van der Waals surface area contributed by atoms with Crippen molar-refractivity contribution in [2.75, 3.05) is 20.6 Å². The second-order valence-electron chi connectivity index (χ2n) is 2.87. The van der Waals surface area contributed by atoms with Gasteiger partial charge in [0.05, 0.1) is 12.4 Å². The highest BCUT2D eigenvalue weighted by Gasteiger charge is 1.93. The quantitative estimate of drug-likeness (QED) is 0.674. The predicted molar refractivity (Wildman–Crippen MR) is 48.8 cm³/mol. The lowest BCUT2D eigenvalue weighted by molar-refractivity contribution is 0.154. The van der Waals surface area contributed by atoms with Crippen molar-refractivity contribution in [3.8, 4) is 0 Å². The molecule has 1 aromatic rings. The number of nitrogens with one attached hydrogen (secondary N) is 1. The lowest BCUT2D eigenvalue weighted by Crippen LogP contribution is -2.22. The fraction of sp³-hybridized carbons (Fsp3) is 0.625. The summed E-state index contributed by atoms with van der Waals surface area (Å²) < 4.78 is 0. The van der Waals surface area contributed by atoms with Gasteiger partial charge in [0.15, 0.2) is 0 Å². The van der Waals surface area contributed by atoms with E-state index in [1.54, 1.807) is 25.6 Å². The highest BCUT2D eigenvalue weighted by Crippen LogP contribution is 1.80. The molecule has 0 aliphatic rings. The molecule has 12 heavy (non-hydrogen) atoms. The van der Waals surface area contributed by atoms with E-state index in [0.717, 1.165) is 6.54 Å². The third-order valence-electron chi connectivity index (χ3n) is 1.04. The minimum Gasteiger partial charge on any atom is -0.392 e. The van der Waals surface area contributed by atoms with Crippen molar-refractivity contribution in [2.24, 2.45) is 0 Å². The molecule has 0 amide bonds. The summed E-state index contributed by atoms with van der Waals surface area (Å²) in [7, 11) is 3.87. The lowest BCUT2D eigenvalue weighted by Gasteiger charge is -2.10. The van der Waals surface area contributed by atoms with Crippen molar-refractivity contribution in [3.63, 3.8) is 0 Å². The molecule has 1 rings (SSSR count). The molecule has 0 fully saturated rings. The second kappa shape index (κ2) is 6.82. The van der Waals surface area contributed by atoms with Crippen molar-refractivity contribution in [2.45, 2.75) is 13.0 Å². The Labute approximate surface area is 73.2 Å². The standard InChI is InChI=1S/C5H13NO.C3H4N2/c1-5(7)4-6(2)3;1-2-5-3-4-1/h5,7H,4H2,1-3H3;1-3H,(H,4,5). The Morgan fingerprint density at radius 2 is 2.25 bits per heavy atom. The van der Waals surface area contributed by atoms with Crippen LogP contribution in [0.25, 0.3) is 0 Å². The van der Waals surface area contributed by atoms with E-state index in [2.05, 4.69) is 9.97 Å². The Hall–Kier alpha value is -0.870. The van der Waals surface area contributed by atoms with Crippen LogP contribution in [0.2, 0.25) is 0 Å². The molecule has 0 saturated carbocycles. The van der Waals surface area contributed by atoms with Gasteiger partial charge in [0, 0.05) is 18.9 Å². The van der Waals surface area contributed by atoms with E-state index in [1.807, 2.05) is 19.0 Å². The van der Waals surface area contributed by atoms with E-state index in [1.165, 1.54) is 0 Å². The Morgan fingerprint density at radius 3 is 2.33 bits per heavy atom. The summed E-state index contributed by atoms with van der Waals surface area (Å²) in [6.07, 6.45) is 4.88. The van der Waals surface area contributed by atoms with Gasteiger partial charge in [-0.25, -0.2) is 4.98 Å². The summed E-state index contributed by atoms with van der Waals surface area (Å²) in [5.74, 6) is 0. The van der Waals surface area contributed by atoms with Crippen LogP contribution in [0.4, 0.5) is 0 Å². The first-order valence-corrected chi connectivity index (χ1v) is 3.88. The fourth-order valence-corrected chi connectivity index (χ4v) is 0.744. The largest absolute Gasteiger partial charge is 0.392 e. The molecule has 4 heteroatoms. The van der Waals surface area contributed by atoms with Gasteiger partial charge in [0.25, 0.3) is 0 Å². The summed E-state index contributed by atoms with van der Waals surface area (Å²) in [6, 6.07) is 0. The van der Waals surface area contributed by atoms with Crippen molar-refractivity contribution < 1.29 is 5.11 Å². The molecule has 1 heterocycles. The topological polar surface area (TPSA) is 52.1 Å². The average Bonchev–Trinajstić information content (AvgIpc) is 2.36. The van der Waals surface area contributed by atoms with Gasteiger partial charge in [-0.05, 0) is 21.0 Å². The number of hydrogen-bond donors (Lipinski definition) is 2. The van der Waals surface area contributed by atoms with Gasteiger partial charge < -0.3 is 15.0 Å². The van der Waals surface area contributed by atoms with Crippen LogP contribution in [0.1, 0.15) is 6.92 Å². The summed E-state index contributed by atoms with van der Waals surface area (Å²) >= 11 is 0. The summed E-state index contributed by atoms with van der Waals surface area (Å²) in [4.78, 5) is 8.37. The van der Waals surface area contributed by atoms with Crippen LogP contribution in [0, 0.1) is 0 Å². The number of aromatic nitrogens is 2. The van der Waals surface area contributed by atoms with Gasteiger partial charge in [0.2, 0.25) is 0 Å². The summed E-state index contributed by atoms with van der Waals surface area (Å²) in [5, 5.41) is 8.68. The lowest BCUT2D eigenvalue weighted by atomic mass is 10.4. The first kappa shape index (κ1) is 11.1. The van der Waals surface area contributed by atoms with Gasteiger partial charge in [-0.2, -0.15) is 0 Å². The van der Waals surface area contributed by atoms with Crippen LogP contribution in [0.3, 0.4) is 0 Å². The van der Waals surface area contributed by atoms with E-state index in [9.17, 15) is 0 Å². The molecular weight excluding hydrogens is 154 g/mol. The van der Waals surface area contributed by atoms with Crippen LogP contribution >= 0.6 is 0 Å². The molecule has 0 aliphatic heterocycles. The predicted octanol–water partition coefficient (Wildman–Crippen LogP) is 0.338. The Morgan fingerprint density at radius 1 is 1.58 bits per heavy atom. The number of H-pyrrole nitrogens is 1. The van der Waals surface area contributed by atoms with Crippen molar-refractivity contribution in [3.05, 3.63) is 18.7 Å². The van der Waals surface area contributed by atoms with Gasteiger partial charge in [-0.1, -0.05) is 0 Å². The number of rotatable bonds is 2. The van der Waals surface area contributed by atoms with Gasteiger partial charge in [-0.3, -0.25) is 0 Å². The first-order chi connectivity index (χ1) is 5.63. The number of aliphatic hydroxyl groups is 1. The van der Waals surface area contributed by atoms with Crippen LogP contribution in [-0.2, 0) is 0 Å². The molecule has 0 radical (unpaired) electrons. The highest BCUT2D eigenvalue weighted by atomic mass is 16.3. The molecule has 0 bridgehead atoms. The first-order valence-electron chi connectivity index (χ1n) is 3.88. The maximum Gasteiger partial charge on any atom is 0.0919 e. The van der Waals surface area contributed by atoms with Crippen molar-refractivity contribution in [1.82, 2.24) is 14.9 Å². The smallest absolute Gasteiger partial charge is 0.0919 e. The van der Waals surface area contributed by atoms with Gasteiger partial charge >= 0.3 is 0 Å². The van der Waals surface area contributed by atoms with Crippen LogP contribution < -0.4 is 0 Å². The zero-order valence-electron chi connectivity index (χ0n) is 7.86. The molecule has 70 valence electrons. The molecule has 1 aromatic heterocycles. The molecule has 0 aromatic carbocycles. The zero-order valence-corrected chi connectivity index (χ0v) is 7.86. The normalized spacial score (nSPS) is 12.1. The Balaban J connectivity index is 0.000000211. The number of aliphatic hydroxyl groups excluding tert-OH is 1. The van der Waals surface area contributed by atoms with Crippen molar-refractivity contribution in [1.29, 1.82) is 0 Å². The molecule has 0 aliphatic carbocycles. The number of nitrogens with zero attached hydrogens (tertiary/aromatic N) is 2. The van der Waals surface area contributed by atoms with Crippen LogP contribution in [0.15, 0.2) is 18.7 Å². The molecule has 0 saturated heterocycles. The molecular formula is C8H17N3O. The number of aromatic amines is 1. The minimum atomic E-state index is -0.199. The van der Waals surface area contributed by atoms with E-state index in [-0.39, 0.29) is 6.10 Å². The molecule has 1 atom stereocenters. The van der Waals surface area contributed by atoms with Crippen LogP contribution in [0.5, 0.6) is 0 Å². The van der Waals surface area contributed by atoms with Crippen molar-refractivity contribution >= 4 is 0 Å². The van der Waals surface area contributed by atoms with E-state index in [4.69, 9.17) is 5.11 Å². The van der Waals surface area contributed by atoms with E-state index < -0.39 is 0 Å². The zero-order chi connectivity index (χ0) is 9.40. The van der Waals surface area contributed by atoms with E-state index >= 15 is 0 Å². The summed E-state index contributed by atoms with van der Waals surface area (Å²) in [5.41, 5.74) is 0. The molecule has 2 N–H and O–H groups in total. The third-order valence-corrected chi connectivity index (χ3v) is 1.04. The Kier molecular flexibility index (Phi) is 6.32. The average molecular weight is 171 g/mol. The number of imidazole rings is 1. The molecule has 1 unspecified atom stereocenters. The van der Waals surface area contributed by atoms with Gasteiger partial charge in [-0.15, -0.1) is 0 Å². The minimum absolute atomic E-state index is 0.199. The fourth-order valence-electron chi connectivity index (χ4n) is 0.744. The Bertz CT molecular complexity index is 138.